The van der Waals surface area contributed by atoms with Crippen LogP contribution >= 0.6 is 0 Å². The van der Waals surface area contributed by atoms with E-state index < -0.39 is 5.54 Å². The van der Waals surface area contributed by atoms with Crippen molar-refractivity contribution in [1.82, 2.24) is 10.6 Å². The molecule has 0 aliphatic carbocycles. The van der Waals surface area contributed by atoms with Crippen molar-refractivity contribution in [3.8, 4) is 0 Å². The molecule has 3 rings (SSSR count). The van der Waals surface area contributed by atoms with Gasteiger partial charge < -0.3 is 20.9 Å². The summed E-state index contributed by atoms with van der Waals surface area (Å²) >= 11 is 0. The molecule has 1 saturated heterocycles. The number of nitrogens with zero attached hydrogens (tertiary/aromatic N) is 1. The Balaban J connectivity index is 1.97. The lowest BCUT2D eigenvalue weighted by atomic mass is 9.97. The maximum Gasteiger partial charge on any atom is 0.246 e. The third-order valence-corrected chi connectivity index (χ3v) is 4.32. The quantitative estimate of drug-likeness (QED) is 0.745. The predicted molar refractivity (Wildman–Crippen MR) is 81.3 cm³/mol. The number of amides is 2. The van der Waals surface area contributed by atoms with E-state index in [4.69, 9.17) is 0 Å². The summed E-state index contributed by atoms with van der Waals surface area (Å²) in [4.78, 5) is 26.0. The molecular formula is C15H20N4O2. The molecule has 0 spiro atoms. The molecule has 21 heavy (non-hydrogen) atoms. The highest BCUT2D eigenvalue weighted by Gasteiger charge is 2.38. The summed E-state index contributed by atoms with van der Waals surface area (Å²) < 4.78 is 0. The molecule has 0 saturated carbocycles. The van der Waals surface area contributed by atoms with Crippen molar-refractivity contribution in [2.24, 2.45) is 0 Å². The highest BCUT2D eigenvalue weighted by atomic mass is 16.2. The van der Waals surface area contributed by atoms with Gasteiger partial charge in [0, 0.05) is 30.0 Å². The van der Waals surface area contributed by atoms with Gasteiger partial charge in [-0.3, -0.25) is 9.59 Å². The van der Waals surface area contributed by atoms with Crippen molar-refractivity contribution in [3.63, 3.8) is 0 Å². The summed E-state index contributed by atoms with van der Waals surface area (Å²) in [6, 6.07) is 5.58. The number of carbonyl (C=O) groups is 2. The Morgan fingerprint density at radius 2 is 2.10 bits per heavy atom. The van der Waals surface area contributed by atoms with Gasteiger partial charge in [0.2, 0.25) is 11.8 Å². The van der Waals surface area contributed by atoms with Crippen LogP contribution in [0.15, 0.2) is 18.2 Å². The standard InChI is InChI=1S/C15H20N4O2/c1-15(2)14(21)17-6-7-19(15)9-4-5-10-11(8-9)18-13(20)12(10)16-3/h4-5,8,12,16H,6-7H2,1-3H3,(H,17,21)(H,18,20). The average molecular weight is 288 g/mol. The molecule has 3 N–H and O–H groups in total. The second-order valence-corrected chi connectivity index (χ2v) is 5.95. The van der Waals surface area contributed by atoms with Gasteiger partial charge in [0.25, 0.3) is 0 Å². The van der Waals surface area contributed by atoms with E-state index in [-0.39, 0.29) is 17.9 Å². The van der Waals surface area contributed by atoms with E-state index in [1.165, 1.54) is 0 Å². The zero-order valence-electron chi connectivity index (χ0n) is 12.5. The number of piperazine rings is 1. The first kappa shape index (κ1) is 13.9. The highest BCUT2D eigenvalue weighted by molar-refractivity contribution is 6.03. The van der Waals surface area contributed by atoms with Crippen LogP contribution in [-0.2, 0) is 9.59 Å². The van der Waals surface area contributed by atoms with Crippen LogP contribution in [0.3, 0.4) is 0 Å². The third kappa shape index (κ3) is 2.06. The molecule has 2 heterocycles. The van der Waals surface area contributed by atoms with Gasteiger partial charge in [0.05, 0.1) is 0 Å². The van der Waals surface area contributed by atoms with E-state index in [1.807, 2.05) is 32.0 Å². The SMILES string of the molecule is CNC1C(=O)Nc2cc(N3CCNC(=O)C3(C)C)ccc21. The molecule has 1 aromatic carbocycles. The van der Waals surface area contributed by atoms with E-state index in [0.29, 0.717) is 6.54 Å². The monoisotopic (exact) mass is 288 g/mol. The van der Waals surface area contributed by atoms with Crippen LogP contribution in [0, 0.1) is 0 Å². The molecule has 6 nitrogen and oxygen atoms in total. The Morgan fingerprint density at radius 1 is 1.33 bits per heavy atom. The van der Waals surface area contributed by atoms with E-state index in [1.54, 1.807) is 7.05 Å². The number of rotatable bonds is 2. The maximum atomic E-state index is 12.1. The van der Waals surface area contributed by atoms with E-state index in [0.717, 1.165) is 23.5 Å². The summed E-state index contributed by atoms with van der Waals surface area (Å²) in [5.41, 5.74) is 2.12. The molecule has 0 radical (unpaired) electrons. The van der Waals surface area contributed by atoms with Gasteiger partial charge >= 0.3 is 0 Å². The van der Waals surface area contributed by atoms with E-state index >= 15 is 0 Å². The van der Waals surface area contributed by atoms with Gasteiger partial charge in [0.1, 0.15) is 11.6 Å². The van der Waals surface area contributed by atoms with Crippen LogP contribution in [0.25, 0.3) is 0 Å². The van der Waals surface area contributed by atoms with Crippen LogP contribution in [0.5, 0.6) is 0 Å². The van der Waals surface area contributed by atoms with Gasteiger partial charge in [-0.2, -0.15) is 0 Å². The Labute approximate surface area is 123 Å². The van der Waals surface area contributed by atoms with Crippen LogP contribution in [-0.4, -0.2) is 37.5 Å². The largest absolute Gasteiger partial charge is 0.356 e. The van der Waals surface area contributed by atoms with Crippen LogP contribution in [0.2, 0.25) is 0 Å². The molecule has 0 bridgehead atoms. The molecule has 0 aromatic heterocycles. The number of hydrogen-bond donors (Lipinski definition) is 3. The van der Waals surface area contributed by atoms with Crippen molar-refractivity contribution in [1.29, 1.82) is 0 Å². The molecule has 112 valence electrons. The second kappa shape index (κ2) is 4.73. The average Bonchev–Trinajstić information content (AvgIpc) is 2.76. The van der Waals surface area contributed by atoms with Gasteiger partial charge in [-0.15, -0.1) is 0 Å². The van der Waals surface area contributed by atoms with Gasteiger partial charge in [-0.25, -0.2) is 0 Å². The summed E-state index contributed by atoms with van der Waals surface area (Å²) in [7, 11) is 1.77. The summed E-state index contributed by atoms with van der Waals surface area (Å²) in [5, 5.41) is 8.78. The molecule has 2 amide bonds. The normalized spacial score (nSPS) is 23.6. The summed E-state index contributed by atoms with van der Waals surface area (Å²) in [6.45, 7) is 5.19. The van der Waals surface area contributed by atoms with Gasteiger partial charge in [-0.05, 0) is 33.0 Å². The Kier molecular flexibility index (Phi) is 3.13. The lowest BCUT2D eigenvalue weighted by Gasteiger charge is -2.43. The third-order valence-electron chi connectivity index (χ3n) is 4.32. The first-order valence-electron chi connectivity index (χ1n) is 7.13. The van der Waals surface area contributed by atoms with E-state index in [2.05, 4.69) is 20.9 Å². The summed E-state index contributed by atoms with van der Waals surface area (Å²) in [5.74, 6) is -0.0216. The maximum absolute atomic E-state index is 12.1. The fourth-order valence-corrected chi connectivity index (χ4v) is 3.06. The minimum absolute atomic E-state index is 0.0198. The molecular weight excluding hydrogens is 268 g/mol. The number of nitrogens with one attached hydrogen (secondary N) is 3. The van der Waals surface area contributed by atoms with Crippen molar-refractivity contribution in [2.75, 3.05) is 30.4 Å². The number of fused-ring (bicyclic) bond motifs is 1. The van der Waals surface area contributed by atoms with Crippen molar-refractivity contribution >= 4 is 23.2 Å². The first-order chi connectivity index (χ1) is 9.95. The lowest BCUT2D eigenvalue weighted by Crippen LogP contribution is -2.62. The van der Waals surface area contributed by atoms with Crippen LogP contribution < -0.4 is 20.9 Å². The topological polar surface area (TPSA) is 73.5 Å². The number of likely N-dealkylation sites (N-methyl/N-ethyl adjacent to an activating group) is 1. The number of benzene rings is 1. The fourth-order valence-electron chi connectivity index (χ4n) is 3.06. The zero-order valence-corrected chi connectivity index (χ0v) is 12.5. The smallest absolute Gasteiger partial charge is 0.246 e. The molecule has 1 unspecified atom stereocenters. The lowest BCUT2D eigenvalue weighted by molar-refractivity contribution is -0.126. The summed E-state index contributed by atoms with van der Waals surface area (Å²) in [6.07, 6.45) is 0. The predicted octanol–water partition coefficient (Wildman–Crippen LogP) is 0.614. The van der Waals surface area contributed by atoms with Gasteiger partial charge in [-0.1, -0.05) is 6.07 Å². The minimum atomic E-state index is -0.600. The fraction of sp³-hybridized carbons (Fsp3) is 0.467. The Bertz CT molecular complexity index is 612. The molecule has 2 aliphatic rings. The van der Waals surface area contributed by atoms with Crippen molar-refractivity contribution in [2.45, 2.75) is 25.4 Å². The number of anilines is 2. The number of hydrogen-bond acceptors (Lipinski definition) is 4. The molecule has 1 aromatic rings. The van der Waals surface area contributed by atoms with Gasteiger partial charge in [0.15, 0.2) is 0 Å². The Hall–Kier alpha value is -2.08. The van der Waals surface area contributed by atoms with E-state index in [9.17, 15) is 9.59 Å². The molecule has 1 atom stereocenters. The molecule has 2 aliphatic heterocycles. The Morgan fingerprint density at radius 3 is 2.81 bits per heavy atom. The minimum Gasteiger partial charge on any atom is -0.356 e. The van der Waals surface area contributed by atoms with Crippen LogP contribution in [0.4, 0.5) is 11.4 Å². The van der Waals surface area contributed by atoms with Crippen LogP contribution in [0.1, 0.15) is 25.5 Å². The first-order valence-corrected chi connectivity index (χ1v) is 7.13. The number of carbonyl (C=O) groups excluding carboxylic acids is 2. The van der Waals surface area contributed by atoms with Crippen molar-refractivity contribution in [3.05, 3.63) is 23.8 Å². The molecule has 1 fully saturated rings. The second-order valence-electron chi connectivity index (χ2n) is 5.95. The molecule has 6 heteroatoms. The van der Waals surface area contributed by atoms with Crippen molar-refractivity contribution < 1.29 is 9.59 Å². The highest BCUT2D eigenvalue weighted by Crippen LogP contribution is 2.36. The zero-order chi connectivity index (χ0) is 15.2.